The average Bonchev–Trinajstić information content (AvgIpc) is 3.01. The van der Waals surface area contributed by atoms with Crippen molar-refractivity contribution >= 4 is 16.8 Å². The molecule has 26 heavy (non-hydrogen) atoms. The van der Waals surface area contributed by atoms with E-state index in [2.05, 4.69) is 52.3 Å². The van der Waals surface area contributed by atoms with Crippen LogP contribution in [0.3, 0.4) is 0 Å². The summed E-state index contributed by atoms with van der Waals surface area (Å²) in [6, 6.07) is 9.14. The summed E-state index contributed by atoms with van der Waals surface area (Å²) in [4.78, 5) is 15.1. The smallest absolute Gasteiger partial charge is 0.220 e. The molecule has 2 atom stereocenters. The number of nitrogens with one attached hydrogen (secondary N) is 1. The number of amides is 1. The zero-order valence-corrected chi connectivity index (χ0v) is 15.9. The molecule has 4 heteroatoms. The van der Waals surface area contributed by atoms with Gasteiger partial charge >= 0.3 is 0 Å². The number of benzene rings is 1. The predicted octanol–water partition coefficient (Wildman–Crippen LogP) is 3.49. The van der Waals surface area contributed by atoms with Gasteiger partial charge in [-0.25, -0.2) is 0 Å². The van der Waals surface area contributed by atoms with Crippen molar-refractivity contribution in [2.45, 2.75) is 51.0 Å². The Balaban J connectivity index is 1.30. The van der Waals surface area contributed by atoms with Crippen molar-refractivity contribution in [1.29, 1.82) is 0 Å². The van der Waals surface area contributed by atoms with Crippen LogP contribution < -0.4 is 5.32 Å². The van der Waals surface area contributed by atoms with Gasteiger partial charge in [-0.1, -0.05) is 24.6 Å². The van der Waals surface area contributed by atoms with Gasteiger partial charge in [0.05, 0.1) is 0 Å². The van der Waals surface area contributed by atoms with Crippen LogP contribution in [0.4, 0.5) is 0 Å². The molecule has 1 N–H and O–H groups in total. The van der Waals surface area contributed by atoms with Gasteiger partial charge in [-0.15, -0.1) is 0 Å². The number of aromatic nitrogens is 1. The Morgan fingerprint density at radius 2 is 2.00 bits per heavy atom. The van der Waals surface area contributed by atoms with Crippen molar-refractivity contribution in [1.82, 2.24) is 14.8 Å². The van der Waals surface area contributed by atoms with Crippen molar-refractivity contribution in [3.63, 3.8) is 0 Å². The summed E-state index contributed by atoms with van der Waals surface area (Å²) in [7, 11) is 2.07. The molecule has 2 aliphatic rings. The minimum Gasteiger partial charge on any atom is -0.356 e. The lowest BCUT2D eigenvalue weighted by molar-refractivity contribution is -0.121. The Hall–Kier alpha value is -1.81. The highest BCUT2D eigenvalue weighted by Gasteiger charge is 2.32. The molecule has 2 fully saturated rings. The SMILES string of the molecule is Cn1cc(CCC(=O)NC[C@@H]2CCCN3CCCC[C@@H]23)c2ccccc21. The topological polar surface area (TPSA) is 37.3 Å². The van der Waals surface area contributed by atoms with Crippen LogP contribution in [0.2, 0.25) is 0 Å². The molecule has 1 amide bonds. The van der Waals surface area contributed by atoms with Crippen molar-refractivity contribution in [2.24, 2.45) is 13.0 Å². The second kappa shape index (κ2) is 7.83. The molecule has 0 bridgehead atoms. The lowest BCUT2D eigenvalue weighted by Crippen LogP contribution is -2.51. The second-order valence-electron chi connectivity index (χ2n) is 8.09. The summed E-state index contributed by atoms with van der Waals surface area (Å²) in [5, 5.41) is 4.51. The number of hydrogen-bond donors (Lipinski definition) is 1. The molecular weight excluding hydrogens is 322 g/mol. The molecule has 0 unspecified atom stereocenters. The third-order valence-corrected chi connectivity index (χ3v) is 6.39. The Labute approximate surface area is 156 Å². The van der Waals surface area contributed by atoms with E-state index in [0.29, 0.717) is 18.4 Å². The highest BCUT2D eigenvalue weighted by molar-refractivity contribution is 5.84. The van der Waals surface area contributed by atoms with Crippen LogP contribution in [-0.2, 0) is 18.3 Å². The maximum atomic E-state index is 12.4. The third-order valence-electron chi connectivity index (χ3n) is 6.39. The molecule has 3 heterocycles. The van der Waals surface area contributed by atoms with Gasteiger partial charge in [0.25, 0.3) is 0 Å². The first-order chi connectivity index (χ1) is 12.7. The highest BCUT2D eigenvalue weighted by atomic mass is 16.1. The maximum Gasteiger partial charge on any atom is 0.220 e. The van der Waals surface area contributed by atoms with Crippen molar-refractivity contribution in [2.75, 3.05) is 19.6 Å². The number of fused-ring (bicyclic) bond motifs is 2. The van der Waals surface area contributed by atoms with Gasteiger partial charge in [-0.2, -0.15) is 0 Å². The molecule has 0 spiro atoms. The summed E-state index contributed by atoms with van der Waals surface area (Å²) in [5.74, 6) is 0.844. The summed E-state index contributed by atoms with van der Waals surface area (Å²) < 4.78 is 2.16. The number of para-hydroxylation sites is 1. The summed E-state index contributed by atoms with van der Waals surface area (Å²) >= 11 is 0. The lowest BCUT2D eigenvalue weighted by atomic mass is 9.83. The second-order valence-corrected chi connectivity index (χ2v) is 8.09. The maximum absolute atomic E-state index is 12.4. The molecule has 2 aliphatic heterocycles. The standard InChI is InChI=1S/C22H31N3O/c1-24-16-18(19-8-2-3-10-21(19)24)11-12-22(26)23-15-17-7-6-14-25-13-5-4-9-20(17)25/h2-3,8,10,16-17,20H,4-7,9,11-15H2,1H3,(H,23,26)/t17-,20-/m0/s1. The highest BCUT2D eigenvalue weighted by Crippen LogP contribution is 2.30. The van der Waals surface area contributed by atoms with Gasteiger partial charge in [0, 0.05) is 43.2 Å². The molecule has 0 saturated carbocycles. The van der Waals surface area contributed by atoms with Crippen LogP contribution in [0.5, 0.6) is 0 Å². The van der Waals surface area contributed by atoms with Gasteiger partial charge < -0.3 is 14.8 Å². The summed E-state index contributed by atoms with van der Waals surface area (Å²) in [6.45, 7) is 3.38. The molecule has 4 nitrogen and oxygen atoms in total. The van der Waals surface area contributed by atoms with E-state index in [4.69, 9.17) is 0 Å². The normalized spacial score (nSPS) is 23.7. The Morgan fingerprint density at radius 1 is 1.15 bits per heavy atom. The minimum absolute atomic E-state index is 0.200. The van der Waals surface area contributed by atoms with Crippen LogP contribution in [0, 0.1) is 5.92 Å². The van der Waals surface area contributed by atoms with Crippen LogP contribution in [0.25, 0.3) is 10.9 Å². The monoisotopic (exact) mass is 353 g/mol. The average molecular weight is 354 g/mol. The Morgan fingerprint density at radius 3 is 2.92 bits per heavy atom. The molecule has 2 aromatic rings. The van der Waals surface area contributed by atoms with E-state index in [-0.39, 0.29) is 5.91 Å². The molecule has 2 saturated heterocycles. The van der Waals surface area contributed by atoms with Crippen molar-refractivity contribution < 1.29 is 4.79 Å². The van der Waals surface area contributed by atoms with E-state index >= 15 is 0 Å². The number of hydrogen-bond acceptors (Lipinski definition) is 2. The fourth-order valence-electron chi connectivity index (χ4n) is 5.02. The van der Waals surface area contributed by atoms with E-state index in [1.807, 2.05) is 0 Å². The van der Waals surface area contributed by atoms with E-state index in [9.17, 15) is 4.79 Å². The van der Waals surface area contributed by atoms with Crippen LogP contribution in [0.15, 0.2) is 30.5 Å². The molecule has 1 aromatic carbocycles. The number of aryl methyl sites for hydroxylation is 2. The van der Waals surface area contributed by atoms with Gasteiger partial charge in [0.1, 0.15) is 0 Å². The Bertz CT molecular complexity index is 764. The first-order valence-corrected chi connectivity index (χ1v) is 10.3. The fourth-order valence-corrected chi connectivity index (χ4v) is 5.02. The van der Waals surface area contributed by atoms with Gasteiger partial charge in [-0.3, -0.25) is 4.79 Å². The lowest BCUT2D eigenvalue weighted by Gasteiger charge is -2.44. The summed E-state index contributed by atoms with van der Waals surface area (Å²) in [5.41, 5.74) is 2.51. The van der Waals surface area contributed by atoms with Gasteiger partial charge in [-0.05, 0) is 62.7 Å². The first kappa shape index (κ1) is 17.6. The zero-order chi connectivity index (χ0) is 17.9. The number of carbonyl (C=O) groups excluding carboxylic acids is 1. The summed E-state index contributed by atoms with van der Waals surface area (Å²) in [6.07, 6.45) is 10.1. The molecule has 0 radical (unpaired) electrons. The molecule has 0 aliphatic carbocycles. The van der Waals surface area contributed by atoms with Crippen LogP contribution in [-0.4, -0.2) is 41.1 Å². The van der Waals surface area contributed by atoms with Gasteiger partial charge in [0.15, 0.2) is 0 Å². The van der Waals surface area contributed by atoms with E-state index in [1.54, 1.807) is 0 Å². The largest absolute Gasteiger partial charge is 0.356 e. The van der Waals surface area contributed by atoms with Crippen LogP contribution >= 0.6 is 0 Å². The fraction of sp³-hybridized carbons (Fsp3) is 0.591. The molecular formula is C22H31N3O. The van der Waals surface area contributed by atoms with E-state index in [0.717, 1.165) is 13.0 Å². The quantitative estimate of drug-likeness (QED) is 0.893. The molecule has 140 valence electrons. The number of piperidine rings is 2. The number of rotatable bonds is 5. The third kappa shape index (κ3) is 3.66. The minimum atomic E-state index is 0.200. The Kier molecular flexibility index (Phi) is 5.30. The number of nitrogens with zero attached hydrogens (tertiary/aromatic N) is 2. The zero-order valence-electron chi connectivity index (χ0n) is 15.9. The van der Waals surface area contributed by atoms with Crippen molar-refractivity contribution in [3.05, 3.63) is 36.0 Å². The van der Waals surface area contributed by atoms with E-state index in [1.165, 1.54) is 61.7 Å². The van der Waals surface area contributed by atoms with Crippen LogP contribution in [0.1, 0.15) is 44.1 Å². The molecule has 4 rings (SSSR count). The van der Waals surface area contributed by atoms with Gasteiger partial charge in [0.2, 0.25) is 5.91 Å². The number of carbonyl (C=O) groups is 1. The van der Waals surface area contributed by atoms with Crippen molar-refractivity contribution in [3.8, 4) is 0 Å². The first-order valence-electron chi connectivity index (χ1n) is 10.3. The van der Waals surface area contributed by atoms with E-state index < -0.39 is 0 Å². The predicted molar refractivity (Wildman–Crippen MR) is 106 cm³/mol. The molecule has 1 aromatic heterocycles.